The Hall–Kier alpha value is -3.44. The fraction of sp³-hybridized carbons (Fsp3) is 0.375. The highest BCUT2D eigenvalue weighted by Crippen LogP contribution is 2.58. The smallest absolute Gasteiger partial charge is 0.315 e. The minimum Gasteiger partial charge on any atom is -0.440 e. The summed E-state index contributed by atoms with van der Waals surface area (Å²) < 4.78 is 24.1. The molecule has 1 fully saturated rings. The number of hydrogen-bond acceptors (Lipinski definition) is 7. The summed E-state index contributed by atoms with van der Waals surface area (Å²) >= 11 is 0. The molecule has 0 bridgehead atoms. The molecule has 32 heavy (non-hydrogen) atoms. The zero-order valence-corrected chi connectivity index (χ0v) is 18.5. The van der Waals surface area contributed by atoms with Crippen LogP contribution in [0.2, 0.25) is 0 Å². The molecule has 3 rings (SSSR count). The molecule has 1 N–H and O–H groups in total. The van der Waals surface area contributed by atoms with Gasteiger partial charge in [-0.15, -0.1) is 0 Å². The summed E-state index contributed by atoms with van der Waals surface area (Å²) in [6.45, 7) is 8.45. The van der Waals surface area contributed by atoms with E-state index in [2.05, 4.69) is 10.5 Å². The van der Waals surface area contributed by atoms with Gasteiger partial charge >= 0.3 is 5.97 Å². The Balaban J connectivity index is 1.65. The van der Waals surface area contributed by atoms with Crippen LogP contribution < -0.4 is 10.2 Å². The fourth-order valence-electron chi connectivity index (χ4n) is 3.19. The minimum atomic E-state index is -1.19. The number of pyridine rings is 1. The molecule has 1 aliphatic rings. The molecule has 1 aliphatic carbocycles. The van der Waals surface area contributed by atoms with Gasteiger partial charge in [0.15, 0.2) is 0 Å². The van der Waals surface area contributed by atoms with Crippen LogP contribution in [0, 0.1) is 34.4 Å². The van der Waals surface area contributed by atoms with Crippen LogP contribution in [0.5, 0.6) is 11.6 Å². The Kier molecular flexibility index (Phi) is 7.11. The summed E-state index contributed by atoms with van der Waals surface area (Å²) in [6.07, 6.45) is 0.479. The molecule has 0 radical (unpaired) electrons. The first-order chi connectivity index (χ1) is 15.2. The fourth-order valence-corrected chi connectivity index (χ4v) is 3.19. The molecule has 0 amide bonds. The molecule has 1 heterocycles. The van der Waals surface area contributed by atoms with Gasteiger partial charge in [0, 0.05) is 17.7 Å². The zero-order chi connectivity index (χ0) is 23.3. The van der Waals surface area contributed by atoms with E-state index in [4.69, 9.17) is 14.3 Å². The van der Waals surface area contributed by atoms with Crippen molar-refractivity contribution in [3.05, 3.63) is 65.7 Å². The number of carbonyl (C=O) groups excluding carboxylic acids is 1. The van der Waals surface area contributed by atoms with Crippen LogP contribution >= 0.6 is 0 Å². The van der Waals surface area contributed by atoms with E-state index in [0.717, 1.165) is 5.57 Å². The van der Waals surface area contributed by atoms with Crippen LogP contribution in [0.3, 0.4) is 0 Å². The predicted molar refractivity (Wildman–Crippen MR) is 114 cm³/mol. The van der Waals surface area contributed by atoms with Crippen molar-refractivity contribution in [1.82, 2.24) is 10.5 Å². The lowest BCUT2D eigenvalue weighted by molar-refractivity contribution is -0.149. The number of nitrogens with one attached hydrogen (secondary N) is 1. The van der Waals surface area contributed by atoms with Gasteiger partial charge in [-0.25, -0.2) is 9.37 Å². The Morgan fingerprint density at radius 3 is 2.66 bits per heavy atom. The van der Waals surface area contributed by atoms with Crippen LogP contribution in [0.1, 0.15) is 39.5 Å². The number of nitriles is 1. The number of ether oxygens (including phenoxy) is 2. The van der Waals surface area contributed by atoms with Gasteiger partial charge in [-0.05, 0) is 41.8 Å². The number of hydroxylamine groups is 1. The molecular weight excluding hydrogens is 413 g/mol. The Bertz CT molecular complexity index is 1030. The van der Waals surface area contributed by atoms with Gasteiger partial charge in [0.2, 0.25) is 12.0 Å². The maximum Gasteiger partial charge on any atom is 0.315 e. The number of hydrogen-bond donors (Lipinski definition) is 1. The average Bonchev–Trinajstić information content (AvgIpc) is 3.31. The van der Waals surface area contributed by atoms with Crippen LogP contribution in [0.4, 0.5) is 4.39 Å². The van der Waals surface area contributed by atoms with Crippen molar-refractivity contribution in [3.63, 3.8) is 0 Å². The second-order valence-corrected chi connectivity index (χ2v) is 8.48. The third kappa shape index (κ3) is 5.62. The summed E-state index contributed by atoms with van der Waals surface area (Å²) in [5.74, 6) is -0.404. The van der Waals surface area contributed by atoms with Crippen LogP contribution in [0.25, 0.3) is 0 Å². The number of aromatic nitrogens is 1. The molecule has 1 aromatic heterocycles. The topological polar surface area (TPSA) is 93.5 Å². The SMILES string of the molecule is CC(C)CONC=C1C(C(=O)OC(C#N)c2cccc(Oc3ccc(F)cc3)n2)C1(C)C. The van der Waals surface area contributed by atoms with Crippen molar-refractivity contribution in [2.24, 2.45) is 17.3 Å². The van der Waals surface area contributed by atoms with E-state index in [-0.39, 0.29) is 17.4 Å². The van der Waals surface area contributed by atoms with Gasteiger partial charge in [0.1, 0.15) is 17.6 Å². The summed E-state index contributed by atoms with van der Waals surface area (Å²) in [5, 5.41) is 9.57. The van der Waals surface area contributed by atoms with Gasteiger partial charge in [0.05, 0.1) is 18.2 Å². The Labute approximate surface area is 186 Å². The molecular formula is C24H26FN3O4. The molecule has 1 aromatic carbocycles. The molecule has 0 spiro atoms. The standard InChI is InChI=1S/C24H26FN3O4/c1-15(2)14-30-27-13-18-22(24(18,3)4)23(29)32-20(12-26)19-6-5-7-21(28-19)31-17-10-8-16(25)9-11-17/h5-11,13,15,20,22,27H,14H2,1-4H3. The normalized spacial score (nSPS) is 18.7. The number of esters is 1. The van der Waals surface area contributed by atoms with E-state index < -0.39 is 23.4 Å². The largest absolute Gasteiger partial charge is 0.440 e. The third-order valence-corrected chi connectivity index (χ3v) is 5.04. The molecule has 2 unspecified atom stereocenters. The first kappa shape index (κ1) is 23.2. The predicted octanol–water partition coefficient (Wildman–Crippen LogP) is 4.84. The van der Waals surface area contributed by atoms with Crippen LogP contribution in [-0.2, 0) is 14.4 Å². The molecule has 0 aliphatic heterocycles. The summed E-state index contributed by atoms with van der Waals surface area (Å²) in [5.41, 5.74) is 3.44. The van der Waals surface area contributed by atoms with E-state index in [1.807, 2.05) is 33.8 Å². The second kappa shape index (κ2) is 9.79. The summed E-state index contributed by atoms with van der Waals surface area (Å²) in [6, 6.07) is 12.2. The number of nitrogens with zero attached hydrogens (tertiary/aromatic N) is 2. The van der Waals surface area contributed by atoms with Gasteiger partial charge in [-0.2, -0.15) is 5.26 Å². The van der Waals surface area contributed by atoms with Crippen molar-refractivity contribution in [2.75, 3.05) is 6.61 Å². The molecule has 0 saturated heterocycles. The number of rotatable bonds is 9. The van der Waals surface area contributed by atoms with Gasteiger partial charge < -0.3 is 9.47 Å². The van der Waals surface area contributed by atoms with Crippen molar-refractivity contribution in [3.8, 4) is 17.7 Å². The quantitative estimate of drug-likeness (QED) is 0.339. The van der Waals surface area contributed by atoms with Crippen LogP contribution in [0.15, 0.2) is 54.2 Å². The third-order valence-electron chi connectivity index (χ3n) is 5.04. The zero-order valence-electron chi connectivity index (χ0n) is 18.5. The number of carbonyl (C=O) groups is 1. The minimum absolute atomic E-state index is 0.198. The van der Waals surface area contributed by atoms with E-state index >= 15 is 0 Å². The van der Waals surface area contributed by atoms with E-state index in [1.165, 1.54) is 24.3 Å². The Morgan fingerprint density at radius 1 is 1.28 bits per heavy atom. The first-order valence-corrected chi connectivity index (χ1v) is 10.3. The molecule has 8 heteroatoms. The highest BCUT2D eigenvalue weighted by atomic mass is 19.1. The van der Waals surface area contributed by atoms with E-state index in [9.17, 15) is 14.4 Å². The second-order valence-electron chi connectivity index (χ2n) is 8.48. The van der Waals surface area contributed by atoms with Crippen molar-refractivity contribution < 1.29 is 23.5 Å². The maximum absolute atomic E-state index is 13.1. The molecule has 2 aromatic rings. The number of halogens is 1. The van der Waals surface area contributed by atoms with E-state index in [1.54, 1.807) is 24.4 Å². The molecule has 1 saturated carbocycles. The van der Waals surface area contributed by atoms with Gasteiger partial charge in [0.25, 0.3) is 0 Å². The van der Waals surface area contributed by atoms with Crippen molar-refractivity contribution in [1.29, 1.82) is 5.26 Å². The molecule has 2 atom stereocenters. The molecule has 7 nitrogen and oxygen atoms in total. The average molecular weight is 439 g/mol. The van der Waals surface area contributed by atoms with Gasteiger partial charge in [-0.1, -0.05) is 33.8 Å². The Morgan fingerprint density at radius 2 is 2.00 bits per heavy atom. The number of benzene rings is 1. The summed E-state index contributed by atoms with van der Waals surface area (Å²) in [4.78, 5) is 22.3. The highest BCUT2D eigenvalue weighted by molar-refractivity contribution is 5.84. The lowest BCUT2D eigenvalue weighted by Crippen LogP contribution is -2.15. The van der Waals surface area contributed by atoms with Crippen LogP contribution in [-0.4, -0.2) is 17.6 Å². The molecule has 168 valence electrons. The highest BCUT2D eigenvalue weighted by Gasteiger charge is 2.58. The summed E-state index contributed by atoms with van der Waals surface area (Å²) in [7, 11) is 0. The maximum atomic E-state index is 13.1. The lowest BCUT2D eigenvalue weighted by Gasteiger charge is -2.12. The monoisotopic (exact) mass is 439 g/mol. The van der Waals surface area contributed by atoms with Gasteiger partial charge in [-0.3, -0.25) is 15.1 Å². The van der Waals surface area contributed by atoms with E-state index in [0.29, 0.717) is 18.3 Å². The van der Waals surface area contributed by atoms with Crippen molar-refractivity contribution >= 4 is 5.97 Å². The lowest BCUT2D eigenvalue weighted by atomic mass is 10.1. The van der Waals surface area contributed by atoms with Crippen molar-refractivity contribution in [2.45, 2.75) is 33.8 Å². The first-order valence-electron chi connectivity index (χ1n) is 10.3.